The van der Waals surface area contributed by atoms with E-state index in [2.05, 4.69) is 25.9 Å². The molecule has 1 aromatic carbocycles. The average Bonchev–Trinajstić information content (AvgIpc) is 2.90. The standard InChI is InChI=1S/C14H12N6S2/c21-13(16-11-4-2-1-3-5-11)19-20-12(17-18-14(20)22)10-6-8-15-9-7-10/h1-9H,(H,18,22)(H2,16,19,21). The van der Waals surface area contributed by atoms with E-state index in [0.717, 1.165) is 11.3 Å². The number of hydrogen-bond acceptors (Lipinski definition) is 4. The molecule has 8 heteroatoms. The maximum absolute atomic E-state index is 5.31. The van der Waals surface area contributed by atoms with Gasteiger partial charge in [-0.1, -0.05) is 18.2 Å². The Kier molecular flexibility index (Phi) is 4.22. The van der Waals surface area contributed by atoms with Crippen LogP contribution in [0.3, 0.4) is 0 Å². The second-order valence-electron chi connectivity index (χ2n) is 4.36. The van der Waals surface area contributed by atoms with Gasteiger partial charge >= 0.3 is 0 Å². The van der Waals surface area contributed by atoms with Crippen molar-refractivity contribution in [3.63, 3.8) is 0 Å². The molecule has 0 amide bonds. The molecule has 0 saturated carbocycles. The summed E-state index contributed by atoms with van der Waals surface area (Å²) < 4.78 is 2.03. The summed E-state index contributed by atoms with van der Waals surface area (Å²) in [6, 6.07) is 13.3. The van der Waals surface area contributed by atoms with Crippen molar-refractivity contribution in [2.24, 2.45) is 0 Å². The molecular formula is C14H12N6S2. The van der Waals surface area contributed by atoms with Crippen LogP contribution in [0, 0.1) is 4.77 Å². The Bertz CT molecular complexity index is 825. The Balaban J connectivity index is 1.82. The number of thiocarbonyl (C=S) groups is 1. The van der Waals surface area contributed by atoms with E-state index in [1.165, 1.54) is 0 Å². The lowest BCUT2D eigenvalue weighted by molar-refractivity contribution is 0.962. The molecule has 0 fully saturated rings. The molecule has 0 saturated heterocycles. The van der Waals surface area contributed by atoms with Crippen LogP contribution in [0.1, 0.15) is 0 Å². The van der Waals surface area contributed by atoms with Gasteiger partial charge in [0, 0.05) is 23.6 Å². The molecule has 2 heterocycles. The van der Waals surface area contributed by atoms with Crippen molar-refractivity contribution in [2.45, 2.75) is 0 Å². The van der Waals surface area contributed by atoms with Crippen LogP contribution in [-0.2, 0) is 0 Å². The number of aromatic amines is 1. The van der Waals surface area contributed by atoms with E-state index < -0.39 is 0 Å². The number of anilines is 1. The summed E-state index contributed by atoms with van der Waals surface area (Å²) in [5, 5.41) is 10.5. The fourth-order valence-corrected chi connectivity index (χ4v) is 2.26. The van der Waals surface area contributed by atoms with E-state index in [9.17, 15) is 0 Å². The first-order valence-electron chi connectivity index (χ1n) is 6.45. The maximum Gasteiger partial charge on any atom is 0.215 e. The van der Waals surface area contributed by atoms with Gasteiger partial charge in [-0.25, -0.2) is 9.77 Å². The van der Waals surface area contributed by atoms with Gasteiger partial charge in [-0.3, -0.25) is 10.4 Å². The summed E-state index contributed by atoms with van der Waals surface area (Å²) in [6.07, 6.45) is 3.38. The Morgan fingerprint density at radius 1 is 1.09 bits per heavy atom. The Labute approximate surface area is 137 Å². The number of nitrogens with one attached hydrogen (secondary N) is 3. The predicted molar refractivity (Wildman–Crippen MR) is 92.7 cm³/mol. The molecule has 0 aliphatic heterocycles. The summed E-state index contributed by atoms with van der Waals surface area (Å²) in [6.45, 7) is 0. The molecule has 0 spiro atoms. The highest BCUT2D eigenvalue weighted by Gasteiger charge is 2.09. The lowest BCUT2D eigenvalue weighted by Gasteiger charge is -2.12. The molecule has 0 atom stereocenters. The van der Waals surface area contributed by atoms with E-state index in [1.54, 1.807) is 17.1 Å². The van der Waals surface area contributed by atoms with Crippen LogP contribution < -0.4 is 10.7 Å². The van der Waals surface area contributed by atoms with E-state index >= 15 is 0 Å². The molecule has 0 radical (unpaired) electrons. The molecule has 6 nitrogen and oxygen atoms in total. The van der Waals surface area contributed by atoms with Crippen LogP contribution in [-0.4, -0.2) is 25.0 Å². The first kappa shape index (κ1) is 14.4. The second-order valence-corrected chi connectivity index (χ2v) is 5.15. The zero-order valence-electron chi connectivity index (χ0n) is 11.4. The number of nitrogens with zero attached hydrogens (tertiary/aromatic N) is 3. The smallest absolute Gasteiger partial charge is 0.215 e. The van der Waals surface area contributed by atoms with Gasteiger partial charge in [0.05, 0.1) is 0 Å². The number of benzene rings is 1. The van der Waals surface area contributed by atoms with Gasteiger partial charge in [0.15, 0.2) is 10.9 Å². The van der Waals surface area contributed by atoms with Gasteiger partial charge in [-0.05, 0) is 48.7 Å². The van der Waals surface area contributed by atoms with Crippen LogP contribution in [0.15, 0.2) is 54.9 Å². The summed E-state index contributed by atoms with van der Waals surface area (Å²) in [7, 11) is 0. The Morgan fingerprint density at radius 3 is 2.55 bits per heavy atom. The molecule has 110 valence electrons. The number of rotatable bonds is 3. The SMILES string of the molecule is S=C(Nc1ccccc1)Nn1c(-c2ccncc2)n[nH]c1=S. The quantitative estimate of drug-likeness (QED) is 0.642. The first-order valence-corrected chi connectivity index (χ1v) is 7.26. The van der Waals surface area contributed by atoms with Crippen LogP contribution in [0.2, 0.25) is 0 Å². The van der Waals surface area contributed by atoms with E-state index in [0.29, 0.717) is 15.7 Å². The first-order chi connectivity index (χ1) is 10.7. The third-order valence-electron chi connectivity index (χ3n) is 2.86. The number of hydrogen-bond donors (Lipinski definition) is 3. The molecule has 0 aliphatic carbocycles. The molecule has 2 aromatic heterocycles. The van der Waals surface area contributed by atoms with Crippen molar-refractivity contribution in [3.8, 4) is 11.4 Å². The molecule has 0 bridgehead atoms. The fourth-order valence-electron chi connectivity index (χ4n) is 1.88. The number of aromatic nitrogens is 4. The Morgan fingerprint density at radius 2 is 1.82 bits per heavy atom. The highest BCUT2D eigenvalue weighted by Crippen LogP contribution is 2.14. The minimum atomic E-state index is 0.416. The molecule has 3 rings (SSSR count). The largest absolute Gasteiger partial charge is 0.331 e. The minimum Gasteiger partial charge on any atom is -0.331 e. The highest BCUT2D eigenvalue weighted by molar-refractivity contribution is 7.80. The maximum atomic E-state index is 5.31. The zero-order chi connectivity index (χ0) is 15.4. The summed E-state index contributed by atoms with van der Waals surface area (Å²) in [5.74, 6) is 0.629. The Hall–Kier alpha value is -2.58. The van der Waals surface area contributed by atoms with Gasteiger partial charge in [-0.15, -0.1) is 0 Å². The lowest BCUT2D eigenvalue weighted by atomic mass is 10.2. The van der Waals surface area contributed by atoms with Gasteiger partial charge < -0.3 is 5.32 Å². The molecule has 0 unspecified atom stereocenters. The van der Waals surface area contributed by atoms with Crippen LogP contribution >= 0.6 is 24.4 Å². The van der Waals surface area contributed by atoms with Crippen LogP contribution in [0.25, 0.3) is 11.4 Å². The number of pyridine rings is 1. The number of para-hydroxylation sites is 1. The second kappa shape index (κ2) is 6.46. The molecule has 3 aromatic rings. The lowest BCUT2D eigenvalue weighted by Crippen LogP contribution is -2.28. The normalized spacial score (nSPS) is 10.2. The summed E-state index contributed by atoms with van der Waals surface area (Å²) in [5.41, 5.74) is 4.79. The van der Waals surface area contributed by atoms with E-state index in [-0.39, 0.29) is 0 Å². The van der Waals surface area contributed by atoms with Crippen LogP contribution in [0.4, 0.5) is 5.69 Å². The molecule has 22 heavy (non-hydrogen) atoms. The monoisotopic (exact) mass is 328 g/mol. The third-order valence-corrected chi connectivity index (χ3v) is 3.32. The summed E-state index contributed by atoms with van der Waals surface area (Å²) >= 11 is 10.5. The average molecular weight is 328 g/mol. The molecular weight excluding hydrogens is 316 g/mol. The van der Waals surface area contributed by atoms with Crippen molar-refractivity contribution < 1.29 is 0 Å². The topological polar surface area (TPSA) is 70.6 Å². The summed E-state index contributed by atoms with van der Waals surface area (Å²) in [4.78, 5) is 3.99. The fraction of sp³-hybridized carbons (Fsp3) is 0. The molecule has 3 N–H and O–H groups in total. The van der Waals surface area contributed by atoms with Crippen LogP contribution in [0.5, 0.6) is 0 Å². The third kappa shape index (κ3) is 3.18. The van der Waals surface area contributed by atoms with E-state index in [1.807, 2.05) is 42.5 Å². The number of H-pyrrole nitrogens is 1. The predicted octanol–water partition coefficient (Wildman–Crippen LogP) is 2.94. The van der Waals surface area contributed by atoms with Crippen molar-refractivity contribution in [3.05, 3.63) is 59.6 Å². The highest BCUT2D eigenvalue weighted by atomic mass is 32.1. The van der Waals surface area contributed by atoms with Crippen molar-refractivity contribution in [1.82, 2.24) is 19.9 Å². The van der Waals surface area contributed by atoms with Gasteiger partial charge in [0.25, 0.3) is 0 Å². The van der Waals surface area contributed by atoms with Crippen molar-refractivity contribution in [2.75, 3.05) is 10.7 Å². The van der Waals surface area contributed by atoms with Gasteiger partial charge in [-0.2, -0.15) is 5.10 Å². The van der Waals surface area contributed by atoms with Gasteiger partial charge in [0.2, 0.25) is 4.77 Å². The van der Waals surface area contributed by atoms with Crippen molar-refractivity contribution >= 4 is 35.2 Å². The van der Waals surface area contributed by atoms with Gasteiger partial charge in [0.1, 0.15) is 0 Å². The zero-order valence-corrected chi connectivity index (χ0v) is 13.0. The molecule has 0 aliphatic rings. The minimum absolute atomic E-state index is 0.416. The van der Waals surface area contributed by atoms with Crippen molar-refractivity contribution in [1.29, 1.82) is 0 Å². The van der Waals surface area contributed by atoms with E-state index in [4.69, 9.17) is 24.4 Å².